The largest absolute Gasteiger partial charge is 0.355 e. The summed E-state index contributed by atoms with van der Waals surface area (Å²) >= 11 is 0. The number of nitrogens with one attached hydrogen (secondary N) is 2. The van der Waals surface area contributed by atoms with Crippen molar-refractivity contribution < 1.29 is 9.00 Å². The average Bonchev–Trinajstić information content (AvgIpc) is 2.11. The molecule has 4 nitrogen and oxygen atoms in total. The molecule has 0 spiro atoms. The second-order valence-electron chi connectivity index (χ2n) is 3.51. The summed E-state index contributed by atoms with van der Waals surface area (Å²) in [6.07, 6.45) is 0.603. The average molecular weight is 218 g/mol. The minimum Gasteiger partial charge on any atom is -0.355 e. The molecule has 1 atom stereocenters. The molecule has 2 N–H and O–H groups in total. The summed E-state index contributed by atoms with van der Waals surface area (Å²) in [4.78, 5) is 11.3. The molecule has 1 amide bonds. The summed E-state index contributed by atoms with van der Waals surface area (Å²) in [5, 5.41) is 5.91. The van der Waals surface area contributed by atoms with Gasteiger partial charge in [0.05, 0.1) is 0 Å². The molecule has 0 bridgehead atoms. The second kappa shape index (κ2) is 6.14. The Morgan fingerprint density at radius 3 is 2.79 bits per heavy atom. The molecule has 1 aliphatic heterocycles. The van der Waals surface area contributed by atoms with E-state index in [0.29, 0.717) is 30.4 Å². The third-order valence-electron chi connectivity index (χ3n) is 2.31. The van der Waals surface area contributed by atoms with Crippen molar-refractivity contribution in [2.45, 2.75) is 13.3 Å². The van der Waals surface area contributed by atoms with Gasteiger partial charge in [-0.25, -0.2) is 0 Å². The molecule has 0 saturated carbocycles. The third-order valence-corrected chi connectivity index (χ3v) is 3.62. The number of carbonyl (C=O) groups excluding carboxylic acids is 1. The van der Waals surface area contributed by atoms with Crippen molar-refractivity contribution in [2.24, 2.45) is 5.92 Å². The van der Waals surface area contributed by atoms with Crippen molar-refractivity contribution in [2.75, 3.05) is 31.1 Å². The molecule has 0 aromatic carbocycles. The van der Waals surface area contributed by atoms with Gasteiger partial charge in [0.1, 0.15) is 0 Å². The fraction of sp³-hybridized carbons (Fsp3) is 0.889. The SMILES string of the molecule is CCS(=O)CCNC(=O)CC1CNC1. The van der Waals surface area contributed by atoms with Crippen molar-refractivity contribution >= 4 is 16.7 Å². The van der Waals surface area contributed by atoms with E-state index in [4.69, 9.17) is 0 Å². The van der Waals surface area contributed by atoms with Crippen LogP contribution in [-0.2, 0) is 15.6 Å². The maximum absolute atomic E-state index is 11.3. The van der Waals surface area contributed by atoms with Crippen LogP contribution in [0, 0.1) is 5.92 Å². The maximum atomic E-state index is 11.3. The Kier molecular flexibility index (Phi) is 5.11. The van der Waals surface area contributed by atoms with Gasteiger partial charge in [-0.05, 0) is 19.0 Å². The van der Waals surface area contributed by atoms with Crippen molar-refractivity contribution in [3.05, 3.63) is 0 Å². The van der Waals surface area contributed by atoms with Gasteiger partial charge < -0.3 is 10.6 Å². The van der Waals surface area contributed by atoms with E-state index in [2.05, 4.69) is 10.6 Å². The first kappa shape index (κ1) is 11.7. The molecule has 0 radical (unpaired) electrons. The zero-order valence-corrected chi connectivity index (χ0v) is 9.36. The van der Waals surface area contributed by atoms with Crippen LogP contribution in [0.1, 0.15) is 13.3 Å². The van der Waals surface area contributed by atoms with E-state index in [1.165, 1.54) is 0 Å². The third kappa shape index (κ3) is 4.19. The van der Waals surface area contributed by atoms with Crippen LogP contribution in [0.2, 0.25) is 0 Å². The van der Waals surface area contributed by atoms with Gasteiger partial charge >= 0.3 is 0 Å². The lowest BCUT2D eigenvalue weighted by atomic mass is 9.99. The van der Waals surface area contributed by atoms with Crippen molar-refractivity contribution in [3.63, 3.8) is 0 Å². The minimum atomic E-state index is -0.771. The Bertz CT molecular complexity index is 217. The summed E-state index contributed by atoms with van der Waals surface area (Å²) < 4.78 is 11.0. The highest BCUT2D eigenvalue weighted by atomic mass is 32.2. The molecule has 1 rings (SSSR count). The standard InChI is InChI=1S/C9H18N2O2S/c1-2-14(13)4-3-11-9(12)5-8-6-10-7-8/h8,10H,2-7H2,1H3,(H,11,12). The van der Waals surface area contributed by atoms with Gasteiger partial charge in [0.25, 0.3) is 0 Å². The van der Waals surface area contributed by atoms with Crippen molar-refractivity contribution in [1.29, 1.82) is 0 Å². The molecule has 1 unspecified atom stereocenters. The second-order valence-corrected chi connectivity index (χ2v) is 5.38. The Morgan fingerprint density at radius 2 is 2.29 bits per heavy atom. The lowest BCUT2D eigenvalue weighted by Crippen LogP contribution is -2.44. The molecule has 0 aromatic rings. The molecule has 82 valence electrons. The zero-order valence-electron chi connectivity index (χ0n) is 8.54. The Morgan fingerprint density at radius 1 is 1.57 bits per heavy atom. The normalized spacial score (nSPS) is 18.6. The first-order valence-corrected chi connectivity index (χ1v) is 6.53. The summed E-state index contributed by atoms with van der Waals surface area (Å²) in [7, 11) is -0.771. The predicted molar refractivity (Wildman–Crippen MR) is 57.5 cm³/mol. The first-order chi connectivity index (χ1) is 6.72. The molecule has 5 heteroatoms. The molecular formula is C9H18N2O2S. The number of carbonyl (C=O) groups is 1. The van der Waals surface area contributed by atoms with Crippen LogP contribution in [0.15, 0.2) is 0 Å². The Labute approximate surface area is 87.3 Å². The topological polar surface area (TPSA) is 58.2 Å². The van der Waals surface area contributed by atoms with E-state index < -0.39 is 10.8 Å². The monoisotopic (exact) mass is 218 g/mol. The first-order valence-electron chi connectivity index (χ1n) is 5.04. The Balaban J connectivity index is 1.99. The summed E-state index contributed by atoms with van der Waals surface area (Å²) in [6.45, 7) is 4.33. The number of amides is 1. The Hall–Kier alpha value is -0.420. The van der Waals surface area contributed by atoms with E-state index in [9.17, 15) is 9.00 Å². The zero-order chi connectivity index (χ0) is 10.4. The molecule has 1 fully saturated rings. The molecule has 0 aromatic heterocycles. The molecule has 1 aliphatic rings. The van der Waals surface area contributed by atoms with Gasteiger partial charge in [0.15, 0.2) is 0 Å². The van der Waals surface area contributed by atoms with Crippen LogP contribution in [0.3, 0.4) is 0 Å². The molecule has 14 heavy (non-hydrogen) atoms. The smallest absolute Gasteiger partial charge is 0.220 e. The van der Waals surface area contributed by atoms with Gasteiger partial charge in [-0.15, -0.1) is 0 Å². The van der Waals surface area contributed by atoms with Gasteiger partial charge in [-0.3, -0.25) is 9.00 Å². The fourth-order valence-corrected chi connectivity index (χ4v) is 1.89. The van der Waals surface area contributed by atoms with Crippen LogP contribution in [0.5, 0.6) is 0 Å². The van der Waals surface area contributed by atoms with Crippen LogP contribution < -0.4 is 10.6 Å². The van der Waals surface area contributed by atoms with Crippen LogP contribution in [0.4, 0.5) is 0 Å². The van der Waals surface area contributed by atoms with Crippen molar-refractivity contribution in [1.82, 2.24) is 10.6 Å². The quantitative estimate of drug-likeness (QED) is 0.631. The summed E-state index contributed by atoms with van der Waals surface area (Å²) in [6, 6.07) is 0. The van der Waals surface area contributed by atoms with E-state index >= 15 is 0 Å². The highest BCUT2D eigenvalue weighted by Gasteiger charge is 2.19. The lowest BCUT2D eigenvalue weighted by molar-refractivity contribution is -0.122. The van der Waals surface area contributed by atoms with E-state index in [0.717, 1.165) is 13.1 Å². The highest BCUT2D eigenvalue weighted by Crippen LogP contribution is 2.07. The van der Waals surface area contributed by atoms with Gasteiger partial charge in [0.2, 0.25) is 5.91 Å². The van der Waals surface area contributed by atoms with E-state index in [-0.39, 0.29) is 5.91 Å². The molecule has 1 heterocycles. The maximum Gasteiger partial charge on any atom is 0.220 e. The van der Waals surface area contributed by atoms with Gasteiger partial charge in [0, 0.05) is 35.3 Å². The van der Waals surface area contributed by atoms with Crippen LogP contribution >= 0.6 is 0 Å². The molecular weight excluding hydrogens is 200 g/mol. The van der Waals surface area contributed by atoms with Gasteiger partial charge in [-0.2, -0.15) is 0 Å². The number of hydrogen-bond donors (Lipinski definition) is 2. The lowest BCUT2D eigenvalue weighted by Gasteiger charge is -2.26. The molecule has 0 aliphatic carbocycles. The van der Waals surface area contributed by atoms with E-state index in [1.54, 1.807) is 0 Å². The predicted octanol–water partition coefficient (Wildman–Crippen LogP) is -0.519. The van der Waals surface area contributed by atoms with E-state index in [1.807, 2.05) is 6.92 Å². The molecule has 1 saturated heterocycles. The van der Waals surface area contributed by atoms with Crippen molar-refractivity contribution in [3.8, 4) is 0 Å². The fourth-order valence-electron chi connectivity index (χ4n) is 1.28. The number of hydrogen-bond acceptors (Lipinski definition) is 3. The highest BCUT2D eigenvalue weighted by molar-refractivity contribution is 7.84. The minimum absolute atomic E-state index is 0.0876. The van der Waals surface area contributed by atoms with Crippen LogP contribution in [-0.4, -0.2) is 41.3 Å². The van der Waals surface area contributed by atoms with Crippen LogP contribution in [0.25, 0.3) is 0 Å². The number of rotatable bonds is 6. The summed E-state index contributed by atoms with van der Waals surface area (Å²) in [5.41, 5.74) is 0. The van der Waals surface area contributed by atoms with Gasteiger partial charge in [-0.1, -0.05) is 6.92 Å². The summed E-state index contributed by atoms with van der Waals surface area (Å²) in [5.74, 6) is 1.84.